The summed E-state index contributed by atoms with van der Waals surface area (Å²) in [5.74, 6) is 2.18. The second kappa shape index (κ2) is 7.57. The molecule has 3 atom stereocenters. The minimum atomic E-state index is -0.894. The van der Waals surface area contributed by atoms with Crippen LogP contribution in [0.3, 0.4) is 0 Å². The number of nitrogens with zero attached hydrogens (tertiary/aromatic N) is 1. The minimum absolute atomic E-state index is 0.0468. The number of carbonyl (C=O) groups is 1. The molecular formula is C29H28NO5+. The van der Waals surface area contributed by atoms with Gasteiger partial charge in [0.15, 0.2) is 16.9 Å². The van der Waals surface area contributed by atoms with E-state index >= 15 is 4.79 Å². The van der Waals surface area contributed by atoms with Crippen molar-refractivity contribution >= 4 is 11.6 Å². The number of ether oxygens (including phenoxy) is 4. The van der Waals surface area contributed by atoms with Gasteiger partial charge in [-0.05, 0) is 31.9 Å². The molecule has 3 aromatic carbocycles. The molecule has 178 valence electrons. The highest BCUT2D eigenvalue weighted by molar-refractivity contribution is 6.08. The van der Waals surface area contributed by atoms with Crippen molar-refractivity contribution in [1.29, 1.82) is 0 Å². The SMILES string of the molecule is Cc1cccc(C[N+]2(CC3CCCO3)C(=O)C3(COc4cc5c(cc43)OCO5)c3ccccc32)c1. The Kier molecular flexibility index (Phi) is 4.54. The number of amides is 1. The summed E-state index contributed by atoms with van der Waals surface area (Å²) in [7, 11) is 0. The molecule has 1 saturated heterocycles. The predicted octanol–water partition coefficient (Wildman–Crippen LogP) is 4.63. The molecule has 1 spiro atoms. The molecular weight excluding hydrogens is 442 g/mol. The number of aryl methyl sites for hydroxylation is 1. The summed E-state index contributed by atoms with van der Waals surface area (Å²) in [5.41, 5.74) is 4.38. The fraction of sp³-hybridized carbons (Fsp3) is 0.345. The Morgan fingerprint density at radius 2 is 1.80 bits per heavy atom. The van der Waals surface area contributed by atoms with Gasteiger partial charge in [-0.1, -0.05) is 48.0 Å². The Morgan fingerprint density at radius 3 is 2.63 bits per heavy atom. The van der Waals surface area contributed by atoms with E-state index in [1.54, 1.807) is 0 Å². The number of para-hydroxylation sites is 1. The molecule has 0 aliphatic carbocycles. The molecule has 35 heavy (non-hydrogen) atoms. The number of quaternary nitrogens is 1. The van der Waals surface area contributed by atoms with Crippen LogP contribution in [0, 0.1) is 6.92 Å². The van der Waals surface area contributed by atoms with Crippen molar-refractivity contribution in [2.75, 3.05) is 26.6 Å². The zero-order valence-corrected chi connectivity index (χ0v) is 19.8. The van der Waals surface area contributed by atoms with Crippen LogP contribution in [0.15, 0.2) is 60.7 Å². The summed E-state index contributed by atoms with van der Waals surface area (Å²) in [5, 5.41) is 0. The van der Waals surface area contributed by atoms with Crippen molar-refractivity contribution in [2.24, 2.45) is 0 Å². The van der Waals surface area contributed by atoms with Gasteiger partial charge in [0.25, 0.3) is 0 Å². The quantitative estimate of drug-likeness (QED) is 0.521. The molecule has 4 heterocycles. The summed E-state index contributed by atoms with van der Waals surface area (Å²) in [6, 6.07) is 20.6. The molecule has 3 aromatic rings. The van der Waals surface area contributed by atoms with Crippen molar-refractivity contribution in [3.05, 3.63) is 82.9 Å². The van der Waals surface area contributed by atoms with Crippen LogP contribution in [0.4, 0.5) is 5.69 Å². The number of carbonyl (C=O) groups excluding carboxylic acids is 1. The summed E-state index contributed by atoms with van der Waals surface area (Å²) in [6.07, 6.45) is 2.05. The van der Waals surface area contributed by atoms with E-state index in [-0.39, 0.29) is 29.9 Å². The minimum Gasteiger partial charge on any atom is -0.491 e. The highest BCUT2D eigenvalue weighted by Crippen LogP contribution is 2.57. The molecule has 1 fully saturated rings. The molecule has 1 amide bonds. The highest BCUT2D eigenvalue weighted by Gasteiger charge is 2.67. The van der Waals surface area contributed by atoms with Gasteiger partial charge in [0, 0.05) is 29.4 Å². The Hall–Kier alpha value is -3.35. The Morgan fingerprint density at radius 1 is 0.943 bits per heavy atom. The largest absolute Gasteiger partial charge is 0.491 e. The Balaban J connectivity index is 1.44. The van der Waals surface area contributed by atoms with E-state index in [0.29, 0.717) is 30.3 Å². The van der Waals surface area contributed by atoms with Crippen LogP contribution in [-0.2, 0) is 21.5 Å². The third-order valence-corrected chi connectivity index (χ3v) is 8.03. The van der Waals surface area contributed by atoms with Gasteiger partial charge in [0.1, 0.15) is 37.2 Å². The molecule has 0 N–H and O–H groups in total. The van der Waals surface area contributed by atoms with E-state index in [4.69, 9.17) is 18.9 Å². The summed E-state index contributed by atoms with van der Waals surface area (Å²) < 4.78 is 23.8. The van der Waals surface area contributed by atoms with E-state index in [0.717, 1.165) is 41.8 Å². The van der Waals surface area contributed by atoms with Gasteiger partial charge in [0.05, 0.1) is 0 Å². The molecule has 3 unspecified atom stereocenters. The second-order valence-corrected chi connectivity index (χ2v) is 10.2. The average Bonchev–Trinajstić information content (AvgIpc) is 3.64. The first-order valence-electron chi connectivity index (χ1n) is 12.4. The van der Waals surface area contributed by atoms with E-state index < -0.39 is 5.41 Å². The monoisotopic (exact) mass is 470 g/mol. The molecule has 6 heteroatoms. The third kappa shape index (κ3) is 2.93. The van der Waals surface area contributed by atoms with Crippen molar-refractivity contribution in [3.8, 4) is 17.2 Å². The van der Waals surface area contributed by atoms with Gasteiger partial charge in [-0.3, -0.25) is 0 Å². The van der Waals surface area contributed by atoms with Gasteiger partial charge in [-0.15, -0.1) is 0 Å². The number of hydrogen-bond acceptors (Lipinski definition) is 5. The zero-order valence-electron chi connectivity index (χ0n) is 19.8. The van der Waals surface area contributed by atoms with Crippen molar-refractivity contribution in [3.63, 3.8) is 0 Å². The van der Waals surface area contributed by atoms with Crippen molar-refractivity contribution < 1.29 is 23.7 Å². The van der Waals surface area contributed by atoms with Crippen LogP contribution >= 0.6 is 0 Å². The lowest BCUT2D eigenvalue weighted by Gasteiger charge is -2.35. The lowest BCUT2D eigenvalue weighted by atomic mass is 9.77. The maximum absolute atomic E-state index is 15.0. The standard InChI is InChI=1S/C29H28NO5/c1-19-6-4-7-20(12-19)15-30(16-21-8-5-11-32-21)24-10-3-2-9-22(24)29(28(30)31)17-33-25-14-27-26(13-23(25)29)34-18-35-27/h2-4,6-7,9-10,12-14,21H,5,8,11,15-18H2,1H3/q+1. The predicted molar refractivity (Wildman–Crippen MR) is 131 cm³/mol. The number of hydrogen-bond donors (Lipinski definition) is 0. The first-order valence-corrected chi connectivity index (χ1v) is 12.4. The second-order valence-electron chi connectivity index (χ2n) is 10.2. The van der Waals surface area contributed by atoms with Crippen LogP contribution < -0.4 is 18.7 Å². The third-order valence-electron chi connectivity index (χ3n) is 8.03. The number of rotatable bonds is 4. The lowest BCUT2D eigenvalue weighted by Crippen LogP contribution is -2.59. The fourth-order valence-corrected chi connectivity index (χ4v) is 6.50. The summed E-state index contributed by atoms with van der Waals surface area (Å²) in [4.78, 5) is 15.0. The molecule has 7 rings (SSSR count). The molecule has 0 bridgehead atoms. The molecule has 6 nitrogen and oxygen atoms in total. The highest BCUT2D eigenvalue weighted by atomic mass is 16.7. The van der Waals surface area contributed by atoms with Gasteiger partial charge < -0.3 is 18.9 Å². The maximum Gasteiger partial charge on any atom is 0.338 e. The molecule has 0 radical (unpaired) electrons. The van der Waals surface area contributed by atoms with E-state index in [1.165, 1.54) is 5.56 Å². The van der Waals surface area contributed by atoms with E-state index in [1.807, 2.05) is 24.3 Å². The number of benzene rings is 3. The van der Waals surface area contributed by atoms with Crippen LogP contribution in [0.1, 0.15) is 35.1 Å². The topological polar surface area (TPSA) is 54.0 Å². The Bertz CT molecular complexity index is 1350. The fourth-order valence-electron chi connectivity index (χ4n) is 6.50. The molecule has 0 aromatic heterocycles. The maximum atomic E-state index is 15.0. The van der Waals surface area contributed by atoms with Crippen LogP contribution in [-0.4, -0.2) is 38.6 Å². The number of fused-ring (bicyclic) bond motifs is 5. The van der Waals surface area contributed by atoms with Gasteiger partial charge in [-0.2, -0.15) is 0 Å². The van der Waals surface area contributed by atoms with Crippen LogP contribution in [0.5, 0.6) is 17.2 Å². The van der Waals surface area contributed by atoms with E-state index in [9.17, 15) is 0 Å². The summed E-state index contributed by atoms with van der Waals surface area (Å²) >= 11 is 0. The van der Waals surface area contributed by atoms with E-state index in [2.05, 4.69) is 43.3 Å². The molecule has 0 saturated carbocycles. The van der Waals surface area contributed by atoms with Gasteiger partial charge in [-0.25, -0.2) is 9.28 Å². The van der Waals surface area contributed by atoms with Crippen molar-refractivity contribution in [2.45, 2.75) is 37.8 Å². The van der Waals surface area contributed by atoms with Gasteiger partial charge in [0.2, 0.25) is 6.79 Å². The Labute approximate surface area is 204 Å². The van der Waals surface area contributed by atoms with Gasteiger partial charge >= 0.3 is 5.91 Å². The molecule has 4 aliphatic rings. The normalized spacial score (nSPS) is 27.8. The van der Waals surface area contributed by atoms with Crippen molar-refractivity contribution in [1.82, 2.24) is 4.48 Å². The first-order chi connectivity index (χ1) is 17.1. The smallest absolute Gasteiger partial charge is 0.338 e. The average molecular weight is 471 g/mol. The van der Waals surface area contributed by atoms with Crippen LogP contribution in [0.2, 0.25) is 0 Å². The zero-order chi connectivity index (χ0) is 23.6. The lowest BCUT2D eigenvalue weighted by molar-refractivity contribution is -0.135. The molecule has 4 aliphatic heterocycles. The first kappa shape index (κ1) is 21.0. The summed E-state index contributed by atoms with van der Waals surface area (Å²) in [6.45, 7) is 4.51. The van der Waals surface area contributed by atoms with Crippen LogP contribution in [0.25, 0.3) is 0 Å².